The standard InChI is InChI=1S/C16H32IN4/c1-18-14-20-7-3-15(4-8-20)11-19-9-5-16(6-10-19)12-21(2,17)13-16/h15,18H,3-14H2,1-2H3/q+1. The second-order valence-electron chi connectivity index (χ2n) is 7.95. The molecule has 3 aliphatic heterocycles. The maximum atomic E-state index is 3.28. The second-order valence-corrected chi connectivity index (χ2v) is 10.3. The highest BCUT2D eigenvalue weighted by molar-refractivity contribution is 14.1. The van der Waals surface area contributed by atoms with E-state index >= 15 is 0 Å². The van der Waals surface area contributed by atoms with Crippen molar-refractivity contribution in [3.8, 4) is 0 Å². The molecule has 21 heavy (non-hydrogen) atoms. The van der Waals surface area contributed by atoms with Gasteiger partial charge in [0.1, 0.15) is 0 Å². The molecule has 3 heterocycles. The molecule has 0 saturated carbocycles. The Labute approximate surface area is 144 Å². The Morgan fingerprint density at radius 1 is 1.10 bits per heavy atom. The molecular weight excluding hydrogens is 375 g/mol. The quantitative estimate of drug-likeness (QED) is 0.566. The van der Waals surface area contributed by atoms with Gasteiger partial charge in [0.15, 0.2) is 0 Å². The molecule has 122 valence electrons. The molecule has 3 rings (SSSR count). The Hall–Kier alpha value is 0.570. The van der Waals surface area contributed by atoms with Crippen molar-refractivity contribution in [3.05, 3.63) is 0 Å². The molecule has 0 atom stereocenters. The molecule has 0 aromatic rings. The molecule has 3 saturated heterocycles. The first-order valence-corrected chi connectivity index (χ1v) is 9.60. The average molecular weight is 407 g/mol. The fourth-order valence-corrected chi connectivity index (χ4v) is 6.24. The van der Waals surface area contributed by atoms with E-state index in [2.05, 4.69) is 52.1 Å². The first kappa shape index (κ1) is 16.4. The van der Waals surface area contributed by atoms with Gasteiger partial charge in [-0.25, -0.2) is 0 Å². The van der Waals surface area contributed by atoms with Crippen LogP contribution in [-0.2, 0) is 0 Å². The molecule has 0 bridgehead atoms. The molecule has 3 aliphatic rings. The van der Waals surface area contributed by atoms with Gasteiger partial charge in [-0.3, -0.25) is 7.60 Å². The number of nitrogens with one attached hydrogen (secondary N) is 1. The van der Waals surface area contributed by atoms with Crippen LogP contribution in [0.1, 0.15) is 25.7 Å². The van der Waals surface area contributed by atoms with Crippen LogP contribution in [0.5, 0.6) is 0 Å². The van der Waals surface area contributed by atoms with E-state index in [0.29, 0.717) is 5.41 Å². The van der Waals surface area contributed by atoms with Crippen molar-refractivity contribution >= 4 is 22.9 Å². The monoisotopic (exact) mass is 407 g/mol. The lowest BCUT2D eigenvalue weighted by atomic mass is 9.72. The summed E-state index contributed by atoms with van der Waals surface area (Å²) in [5.41, 5.74) is 0.711. The highest BCUT2D eigenvalue weighted by Crippen LogP contribution is 2.46. The number of likely N-dealkylation sites (tertiary alicyclic amines) is 3. The SMILES string of the molecule is CNCN1CCC(CN2CCC3(CC2)C[N+](C)(I)C3)CC1. The van der Waals surface area contributed by atoms with Gasteiger partial charge in [-0.15, -0.1) is 0 Å². The topological polar surface area (TPSA) is 18.5 Å². The van der Waals surface area contributed by atoms with E-state index < -0.39 is 0 Å². The Bertz CT molecular complexity index is 334. The highest BCUT2D eigenvalue weighted by atomic mass is 127. The summed E-state index contributed by atoms with van der Waals surface area (Å²) in [6.07, 6.45) is 5.68. The summed E-state index contributed by atoms with van der Waals surface area (Å²) in [5.74, 6) is 0.944. The summed E-state index contributed by atoms with van der Waals surface area (Å²) >= 11 is 2.61. The maximum absolute atomic E-state index is 3.28. The van der Waals surface area contributed by atoms with Crippen LogP contribution in [0.25, 0.3) is 0 Å². The first-order chi connectivity index (χ1) is 10.0. The Morgan fingerprint density at radius 3 is 2.24 bits per heavy atom. The van der Waals surface area contributed by atoms with Crippen molar-refractivity contribution in [1.82, 2.24) is 15.1 Å². The van der Waals surface area contributed by atoms with Crippen molar-refractivity contribution in [2.75, 3.05) is 66.6 Å². The van der Waals surface area contributed by atoms with E-state index in [9.17, 15) is 0 Å². The van der Waals surface area contributed by atoms with Crippen molar-refractivity contribution < 1.29 is 2.70 Å². The lowest BCUT2D eigenvalue weighted by Crippen LogP contribution is -2.64. The number of hydrogen-bond donors (Lipinski definition) is 1. The number of hydrogen-bond acceptors (Lipinski definition) is 3. The van der Waals surface area contributed by atoms with E-state index in [1.54, 1.807) is 0 Å². The predicted octanol–water partition coefficient (Wildman–Crippen LogP) is 1.77. The van der Waals surface area contributed by atoms with E-state index in [1.165, 1.54) is 74.2 Å². The van der Waals surface area contributed by atoms with Gasteiger partial charge in [0.25, 0.3) is 0 Å². The summed E-state index contributed by atoms with van der Waals surface area (Å²) in [7, 11) is 4.42. The van der Waals surface area contributed by atoms with E-state index in [4.69, 9.17) is 0 Å². The summed E-state index contributed by atoms with van der Waals surface area (Å²) in [4.78, 5) is 5.31. The zero-order chi connectivity index (χ0) is 14.9. The lowest BCUT2D eigenvalue weighted by Gasteiger charge is -2.54. The summed E-state index contributed by atoms with van der Waals surface area (Å²) in [6, 6.07) is 0. The Kier molecular flexibility index (Phi) is 5.16. The van der Waals surface area contributed by atoms with Crippen LogP contribution in [0.2, 0.25) is 0 Å². The zero-order valence-corrected chi connectivity index (χ0v) is 15.9. The van der Waals surface area contributed by atoms with Gasteiger partial charge < -0.3 is 10.2 Å². The summed E-state index contributed by atoms with van der Waals surface area (Å²) < 4.78 is 1.22. The van der Waals surface area contributed by atoms with Crippen LogP contribution in [-0.4, -0.2) is 79.1 Å². The van der Waals surface area contributed by atoms with E-state index in [0.717, 1.165) is 12.6 Å². The van der Waals surface area contributed by atoms with Crippen LogP contribution < -0.4 is 5.32 Å². The second kappa shape index (κ2) is 6.59. The Balaban J connectivity index is 1.37. The average Bonchev–Trinajstić information content (AvgIpc) is 2.42. The molecule has 4 nitrogen and oxygen atoms in total. The van der Waals surface area contributed by atoms with Gasteiger partial charge >= 0.3 is 0 Å². The minimum Gasteiger partial charge on any atom is -0.307 e. The number of rotatable bonds is 4. The van der Waals surface area contributed by atoms with Crippen molar-refractivity contribution in [1.29, 1.82) is 0 Å². The number of quaternary nitrogens is 1. The fraction of sp³-hybridized carbons (Fsp3) is 1.00. The molecule has 5 heteroatoms. The molecule has 1 N–H and O–H groups in total. The molecule has 0 aromatic heterocycles. The molecule has 3 fully saturated rings. The van der Waals surface area contributed by atoms with Crippen molar-refractivity contribution in [2.45, 2.75) is 25.7 Å². The molecule has 0 radical (unpaired) electrons. The summed E-state index contributed by atoms with van der Waals surface area (Å²) in [6.45, 7) is 10.5. The van der Waals surface area contributed by atoms with Crippen LogP contribution >= 0.6 is 22.9 Å². The van der Waals surface area contributed by atoms with Crippen LogP contribution in [0.4, 0.5) is 0 Å². The van der Waals surface area contributed by atoms with Gasteiger partial charge in [-0.1, -0.05) is 0 Å². The predicted molar refractivity (Wildman–Crippen MR) is 96.3 cm³/mol. The van der Waals surface area contributed by atoms with E-state index in [-0.39, 0.29) is 0 Å². The lowest BCUT2D eigenvalue weighted by molar-refractivity contribution is -0.807. The normalized spacial score (nSPS) is 30.4. The number of nitrogens with zero attached hydrogens (tertiary/aromatic N) is 3. The van der Waals surface area contributed by atoms with Crippen LogP contribution in [0.3, 0.4) is 0 Å². The van der Waals surface area contributed by atoms with Gasteiger partial charge in [-0.2, -0.15) is 0 Å². The fourth-order valence-electron chi connectivity index (χ4n) is 4.79. The zero-order valence-electron chi connectivity index (χ0n) is 13.8. The minimum atomic E-state index is 0.711. The third kappa shape index (κ3) is 4.10. The molecule has 0 amide bonds. The molecule has 0 aromatic carbocycles. The first-order valence-electron chi connectivity index (χ1n) is 8.64. The van der Waals surface area contributed by atoms with Gasteiger partial charge in [0, 0.05) is 13.2 Å². The smallest absolute Gasteiger partial charge is 0.248 e. The van der Waals surface area contributed by atoms with Crippen LogP contribution in [0.15, 0.2) is 0 Å². The third-order valence-electron chi connectivity index (χ3n) is 5.85. The van der Waals surface area contributed by atoms with Gasteiger partial charge in [0.2, 0.25) is 22.9 Å². The number of halogens is 1. The largest absolute Gasteiger partial charge is 0.307 e. The molecule has 0 aliphatic carbocycles. The van der Waals surface area contributed by atoms with Crippen molar-refractivity contribution in [2.24, 2.45) is 11.3 Å². The Morgan fingerprint density at radius 2 is 1.71 bits per heavy atom. The third-order valence-corrected chi connectivity index (χ3v) is 6.53. The van der Waals surface area contributed by atoms with Crippen molar-refractivity contribution in [3.63, 3.8) is 0 Å². The molecule has 0 unspecified atom stereocenters. The highest BCUT2D eigenvalue weighted by Gasteiger charge is 2.53. The molecule has 1 spiro atoms. The van der Waals surface area contributed by atoms with E-state index in [1.807, 2.05) is 0 Å². The molecular formula is C16H32IN4+. The summed E-state index contributed by atoms with van der Waals surface area (Å²) in [5, 5.41) is 3.28. The van der Waals surface area contributed by atoms with Gasteiger partial charge in [-0.05, 0) is 64.8 Å². The number of piperidine rings is 2. The maximum Gasteiger partial charge on any atom is 0.248 e. The minimum absolute atomic E-state index is 0.711. The van der Waals surface area contributed by atoms with Crippen LogP contribution in [0, 0.1) is 11.3 Å². The van der Waals surface area contributed by atoms with Gasteiger partial charge in [0.05, 0.1) is 25.6 Å².